The summed E-state index contributed by atoms with van der Waals surface area (Å²) in [6.07, 6.45) is 0.319. The zero-order chi connectivity index (χ0) is 13.0. The molecule has 0 bridgehead atoms. The highest BCUT2D eigenvalue weighted by molar-refractivity contribution is 14.1. The molecule has 0 aliphatic heterocycles. The fourth-order valence-corrected chi connectivity index (χ4v) is 2.06. The molecule has 0 saturated carbocycles. The second-order valence-electron chi connectivity index (χ2n) is 3.75. The van der Waals surface area contributed by atoms with Gasteiger partial charge in [0, 0.05) is 21.7 Å². The molecule has 0 radical (unpaired) electrons. The molecule has 1 atom stereocenters. The van der Waals surface area contributed by atoms with E-state index in [4.69, 9.17) is 16.9 Å². The Kier molecular flexibility index (Phi) is 5.22. The van der Waals surface area contributed by atoms with Crippen LogP contribution in [-0.2, 0) is 0 Å². The molecule has 1 aromatic rings. The first-order valence-electron chi connectivity index (χ1n) is 5.06. The van der Waals surface area contributed by atoms with Crippen molar-refractivity contribution < 1.29 is 4.79 Å². The van der Waals surface area contributed by atoms with Gasteiger partial charge in [-0.05, 0) is 47.7 Å². The second-order valence-corrected chi connectivity index (χ2v) is 5.35. The van der Waals surface area contributed by atoms with E-state index in [9.17, 15) is 4.79 Å². The van der Waals surface area contributed by atoms with Crippen LogP contribution in [0, 0.1) is 14.9 Å². The lowest BCUT2D eigenvalue weighted by atomic mass is 10.1. The normalized spacial score (nSPS) is 11.7. The Bertz CT molecular complexity index is 470. The summed E-state index contributed by atoms with van der Waals surface area (Å²) in [5.74, 6) is -0.111. The second kappa shape index (κ2) is 6.22. The first-order valence-corrected chi connectivity index (χ1v) is 6.52. The smallest absolute Gasteiger partial charge is 0.254 e. The average Bonchev–Trinajstić information content (AvgIpc) is 2.30. The number of hydrogen-bond acceptors (Lipinski definition) is 2. The molecule has 0 aromatic heterocycles. The van der Waals surface area contributed by atoms with Crippen LogP contribution in [0.1, 0.15) is 23.7 Å². The summed E-state index contributed by atoms with van der Waals surface area (Å²) in [5.41, 5.74) is 0.574. The molecule has 90 valence electrons. The minimum Gasteiger partial charge on any atom is -0.338 e. The average molecular weight is 363 g/mol. The zero-order valence-corrected chi connectivity index (χ0v) is 12.5. The van der Waals surface area contributed by atoms with E-state index in [0.717, 1.165) is 3.57 Å². The van der Waals surface area contributed by atoms with Crippen LogP contribution in [0.25, 0.3) is 0 Å². The predicted octanol–water partition coefficient (Wildman–Crippen LogP) is 3.32. The summed E-state index contributed by atoms with van der Waals surface area (Å²) < 4.78 is 0.855. The number of benzene rings is 1. The Morgan fingerprint density at radius 1 is 1.65 bits per heavy atom. The first kappa shape index (κ1) is 14.3. The van der Waals surface area contributed by atoms with Gasteiger partial charge in [0.05, 0.1) is 18.1 Å². The van der Waals surface area contributed by atoms with Crippen molar-refractivity contribution in [3.8, 4) is 6.07 Å². The molecule has 5 heteroatoms. The molecule has 0 N–H and O–H groups in total. The number of rotatable bonds is 3. The largest absolute Gasteiger partial charge is 0.338 e. The summed E-state index contributed by atoms with van der Waals surface area (Å²) in [6.45, 7) is 1.85. The van der Waals surface area contributed by atoms with Crippen LogP contribution in [-0.4, -0.2) is 23.9 Å². The summed E-state index contributed by atoms with van der Waals surface area (Å²) in [4.78, 5) is 13.8. The van der Waals surface area contributed by atoms with Crippen LogP contribution in [0.3, 0.4) is 0 Å². The van der Waals surface area contributed by atoms with Crippen molar-refractivity contribution >= 4 is 40.1 Å². The predicted molar refractivity (Wildman–Crippen MR) is 76.0 cm³/mol. The quantitative estimate of drug-likeness (QED) is 0.774. The van der Waals surface area contributed by atoms with Gasteiger partial charge in [0.1, 0.15) is 0 Å². The Labute approximate surface area is 120 Å². The molecule has 3 nitrogen and oxygen atoms in total. The van der Waals surface area contributed by atoms with E-state index in [1.807, 2.05) is 6.92 Å². The third-order valence-corrected chi connectivity index (χ3v) is 3.70. The van der Waals surface area contributed by atoms with Gasteiger partial charge in [-0.15, -0.1) is 0 Å². The molecule has 1 unspecified atom stereocenters. The summed E-state index contributed by atoms with van der Waals surface area (Å²) in [6, 6.07) is 7.16. The van der Waals surface area contributed by atoms with Gasteiger partial charge >= 0.3 is 0 Å². The van der Waals surface area contributed by atoms with Crippen molar-refractivity contribution in [2.45, 2.75) is 19.4 Å². The van der Waals surface area contributed by atoms with E-state index in [1.54, 1.807) is 30.1 Å². The third kappa shape index (κ3) is 3.58. The number of halogens is 2. The van der Waals surface area contributed by atoms with Gasteiger partial charge in [-0.3, -0.25) is 4.79 Å². The monoisotopic (exact) mass is 362 g/mol. The van der Waals surface area contributed by atoms with Crippen molar-refractivity contribution in [1.29, 1.82) is 5.26 Å². The van der Waals surface area contributed by atoms with Crippen LogP contribution < -0.4 is 0 Å². The molecule has 0 heterocycles. The third-order valence-electron chi connectivity index (χ3n) is 2.53. The molecule has 0 saturated heterocycles. The molecular weight excluding hydrogens is 351 g/mol. The Hall–Kier alpha value is -0.800. The van der Waals surface area contributed by atoms with Gasteiger partial charge in [0.15, 0.2) is 0 Å². The Morgan fingerprint density at radius 2 is 2.29 bits per heavy atom. The molecule has 0 spiro atoms. The van der Waals surface area contributed by atoms with Crippen molar-refractivity contribution in [1.82, 2.24) is 4.90 Å². The maximum absolute atomic E-state index is 12.2. The number of nitrogens with zero attached hydrogens (tertiary/aromatic N) is 2. The standard InChI is InChI=1S/C12H12ClIN2O/c1-8(5-6-15)16(2)12(17)10-7-9(13)3-4-11(10)14/h3-4,7-8H,5H2,1-2H3. The van der Waals surface area contributed by atoms with E-state index in [-0.39, 0.29) is 11.9 Å². The highest BCUT2D eigenvalue weighted by Gasteiger charge is 2.19. The summed E-state index contributed by atoms with van der Waals surface area (Å²) >= 11 is 7.98. The van der Waals surface area contributed by atoms with Crippen molar-refractivity contribution in [3.05, 3.63) is 32.4 Å². The van der Waals surface area contributed by atoms with E-state index in [1.165, 1.54) is 0 Å². The number of carbonyl (C=O) groups is 1. The van der Waals surface area contributed by atoms with Gasteiger partial charge in [-0.25, -0.2) is 0 Å². The minimum atomic E-state index is -0.111. The topological polar surface area (TPSA) is 44.1 Å². The highest BCUT2D eigenvalue weighted by atomic mass is 127. The van der Waals surface area contributed by atoms with E-state index < -0.39 is 0 Å². The number of nitriles is 1. The van der Waals surface area contributed by atoms with Crippen molar-refractivity contribution in [3.63, 3.8) is 0 Å². The molecule has 1 amide bonds. The van der Waals surface area contributed by atoms with Crippen LogP contribution in [0.4, 0.5) is 0 Å². The van der Waals surface area contributed by atoms with Gasteiger partial charge in [0.2, 0.25) is 0 Å². The molecule has 17 heavy (non-hydrogen) atoms. The molecular formula is C12H12ClIN2O. The molecule has 0 aliphatic rings. The number of hydrogen-bond donors (Lipinski definition) is 0. The lowest BCUT2D eigenvalue weighted by molar-refractivity contribution is 0.0745. The fourth-order valence-electron chi connectivity index (χ4n) is 1.32. The minimum absolute atomic E-state index is 0.109. The molecule has 0 aliphatic carbocycles. The number of carbonyl (C=O) groups excluding carboxylic acids is 1. The van der Waals surface area contributed by atoms with Crippen molar-refractivity contribution in [2.24, 2.45) is 0 Å². The van der Waals surface area contributed by atoms with Crippen LogP contribution >= 0.6 is 34.2 Å². The molecule has 0 fully saturated rings. The van der Waals surface area contributed by atoms with Crippen molar-refractivity contribution in [2.75, 3.05) is 7.05 Å². The Morgan fingerprint density at radius 3 is 2.88 bits per heavy atom. The highest BCUT2D eigenvalue weighted by Crippen LogP contribution is 2.20. The summed E-state index contributed by atoms with van der Waals surface area (Å²) in [5, 5.41) is 9.16. The van der Waals surface area contributed by atoms with Crippen LogP contribution in [0.2, 0.25) is 5.02 Å². The van der Waals surface area contributed by atoms with E-state index in [2.05, 4.69) is 28.7 Å². The summed E-state index contributed by atoms with van der Waals surface area (Å²) in [7, 11) is 1.70. The van der Waals surface area contributed by atoms with Gasteiger partial charge in [-0.1, -0.05) is 11.6 Å². The van der Waals surface area contributed by atoms with Gasteiger partial charge in [0.25, 0.3) is 5.91 Å². The van der Waals surface area contributed by atoms with Crippen LogP contribution in [0.5, 0.6) is 0 Å². The maximum Gasteiger partial charge on any atom is 0.254 e. The molecule has 1 aromatic carbocycles. The fraction of sp³-hybridized carbons (Fsp3) is 0.333. The first-order chi connectivity index (χ1) is 7.97. The van der Waals surface area contributed by atoms with Gasteiger partial charge in [-0.2, -0.15) is 5.26 Å². The van der Waals surface area contributed by atoms with E-state index >= 15 is 0 Å². The lowest BCUT2D eigenvalue weighted by Crippen LogP contribution is -2.35. The maximum atomic E-state index is 12.2. The SMILES string of the molecule is CC(CC#N)N(C)C(=O)c1cc(Cl)ccc1I. The zero-order valence-electron chi connectivity index (χ0n) is 9.58. The Balaban J connectivity index is 2.96. The lowest BCUT2D eigenvalue weighted by Gasteiger charge is -2.23. The van der Waals surface area contributed by atoms with Gasteiger partial charge < -0.3 is 4.90 Å². The van der Waals surface area contributed by atoms with Crippen LogP contribution in [0.15, 0.2) is 18.2 Å². The number of amides is 1. The van der Waals surface area contributed by atoms with E-state index in [0.29, 0.717) is 17.0 Å². The molecule has 1 rings (SSSR count).